The van der Waals surface area contributed by atoms with Crippen LogP contribution in [-0.2, 0) is 11.2 Å². The highest BCUT2D eigenvalue weighted by molar-refractivity contribution is 7.15. The molecule has 1 amide bonds. The number of aromatic nitrogens is 2. The standard InChI is InChI=1S/C20H16FN3O2S/c1-26-15-6-4-5-13(9-15)18-11-24-14(12-27-20(24)23-18)10-19(25)22-17-8-3-2-7-16(17)21/h2-9,11-12H,10H2,1H3,(H,22,25). The van der Waals surface area contributed by atoms with Crippen molar-refractivity contribution >= 4 is 27.9 Å². The minimum absolute atomic E-state index is 0.127. The minimum Gasteiger partial charge on any atom is -0.497 e. The summed E-state index contributed by atoms with van der Waals surface area (Å²) >= 11 is 1.46. The maximum Gasteiger partial charge on any atom is 0.230 e. The second-order valence-electron chi connectivity index (χ2n) is 5.94. The molecule has 27 heavy (non-hydrogen) atoms. The molecule has 0 atom stereocenters. The predicted octanol–water partition coefficient (Wildman–Crippen LogP) is 4.39. The monoisotopic (exact) mass is 381 g/mol. The van der Waals surface area contributed by atoms with Crippen LogP contribution >= 0.6 is 11.3 Å². The van der Waals surface area contributed by atoms with E-state index in [2.05, 4.69) is 10.3 Å². The molecule has 0 saturated carbocycles. The maximum atomic E-state index is 13.7. The summed E-state index contributed by atoms with van der Waals surface area (Å²) in [7, 11) is 1.62. The van der Waals surface area contributed by atoms with E-state index in [1.54, 1.807) is 19.2 Å². The van der Waals surface area contributed by atoms with Crippen molar-refractivity contribution in [2.24, 2.45) is 0 Å². The van der Waals surface area contributed by atoms with Gasteiger partial charge < -0.3 is 10.1 Å². The molecule has 1 N–H and O–H groups in total. The fourth-order valence-corrected chi connectivity index (χ4v) is 3.67. The fourth-order valence-electron chi connectivity index (χ4n) is 2.80. The molecule has 0 saturated heterocycles. The van der Waals surface area contributed by atoms with E-state index in [0.29, 0.717) is 0 Å². The number of fused-ring (bicyclic) bond motifs is 1. The molecule has 4 aromatic rings. The number of imidazole rings is 1. The molecule has 0 radical (unpaired) electrons. The summed E-state index contributed by atoms with van der Waals surface area (Å²) in [5.74, 6) is 0.0223. The summed E-state index contributed by atoms with van der Waals surface area (Å²) in [5, 5.41) is 4.49. The van der Waals surface area contributed by atoms with Gasteiger partial charge in [0.05, 0.1) is 24.9 Å². The average molecular weight is 381 g/mol. The molecule has 0 aliphatic heterocycles. The molecule has 7 heteroatoms. The Morgan fingerprint density at radius 1 is 1.26 bits per heavy atom. The number of ether oxygens (including phenoxy) is 1. The second-order valence-corrected chi connectivity index (χ2v) is 6.78. The number of anilines is 1. The number of hydrogen-bond acceptors (Lipinski definition) is 4. The fraction of sp³-hybridized carbons (Fsp3) is 0.100. The smallest absolute Gasteiger partial charge is 0.230 e. The molecule has 0 bridgehead atoms. The first-order valence-electron chi connectivity index (χ1n) is 8.28. The van der Waals surface area contributed by atoms with Crippen LogP contribution in [-0.4, -0.2) is 22.4 Å². The zero-order chi connectivity index (χ0) is 18.8. The Bertz CT molecular complexity index is 1120. The number of nitrogens with zero attached hydrogens (tertiary/aromatic N) is 2. The number of nitrogens with one attached hydrogen (secondary N) is 1. The van der Waals surface area contributed by atoms with Crippen LogP contribution in [0.25, 0.3) is 16.2 Å². The lowest BCUT2D eigenvalue weighted by Crippen LogP contribution is -2.16. The predicted molar refractivity (Wildman–Crippen MR) is 104 cm³/mol. The highest BCUT2D eigenvalue weighted by Crippen LogP contribution is 2.26. The van der Waals surface area contributed by atoms with Crippen molar-refractivity contribution in [2.75, 3.05) is 12.4 Å². The van der Waals surface area contributed by atoms with E-state index in [9.17, 15) is 9.18 Å². The van der Waals surface area contributed by atoms with Gasteiger partial charge >= 0.3 is 0 Å². The first-order valence-corrected chi connectivity index (χ1v) is 9.16. The number of hydrogen-bond donors (Lipinski definition) is 1. The van der Waals surface area contributed by atoms with Gasteiger partial charge in [0.15, 0.2) is 4.96 Å². The largest absolute Gasteiger partial charge is 0.497 e. The number of carbonyl (C=O) groups is 1. The number of thiazole rings is 1. The lowest BCUT2D eigenvalue weighted by molar-refractivity contribution is -0.115. The Balaban J connectivity index is 1.57. The molecule has 0 unspecified atom stereocenters. The highest BCUT2D eigenvalue weighted by Gasteiger charge is 2.14. The van der Waals surface area contributed by atoms with Gasteiger partial charge in [-0.25, -0.2) is 9.37 Å². The van der Waals surface area contributed by atoms with E-state index >= 15 is 0 Å². The van der Waals surface area contributed by atoms with Crippen molar-refractivity contribution < 1.29 is 13.9 Å². The van der Waals surface area contributed by atoms with E-state index in [1.807, 2.05) is 40.2 Å². The van der Waals surface area contributed by atoms with Gasteiger partial charge in [-0.15, -0.1) is 11.3 Å². The number of methoxy groups -OCH3 is 1. The maximum absolute atomic E-state index is 13.7. The van der Waals surface area contributed by atoms with Gasteiger partial charge in [-0.05, 0) is 24.3 Å². The van der Waals surface area contributed by atoms with E-state index in [1.165, 1.54) is 23.5 Å². The Kier molecular flexibility index (Phi) is 4.60. The lowest BCUT2D eigenvalue weighted by Gasteiger charge is -2.05. The second kappa shape index (κ2) is 7.20. The summed E-state index contributed by atoms with van der Waals surface area (Å²) in [6.07, 6.45) is 2.02. The van der Waals surface area contributed by atoms with Crippen molar-refractivity contribution in [3.63, 3.8) is 0 Å². The van der Waals surface area contributed by atoms with Crippen molar-refractivity contribution in [3.8, 4) is 17.0 Å². The van der Waals surface area contributed by atoms with Gasteiger partial charge in [-0.3, -0.25) is 9.20 Å². The van der Waals surface area contributed by atoms with Crippen LogP contribution in [0.2, 0.25) is 0 Å². The zero-order valence-corrected chi connectivity index (χ0v) is 15.3. The number of benzene rings is 2. The van der Waals surface area contributed by atoms with E-state index < -0.39 is 5.82 Å². The molecule has 2 aromatic heterocycles. The zero-order valence-electron chi connectivity index (χ0n) is 14.5. The molecule has 2 aromatic carbocycles. The Morgan fingerprint density at radius 3 is 2.93 bits per heavy atom. The third-order valence-corrected chi connectivity index (χ3v) is 5.03. The van der Waals surface area contributed by atoms with Gasteiger partial charge in [0.2, 0.25) is 5.91 Å². The van der Waals surface area contributed by atoms with Crippen LogP contribution in [0.1, 0.15) is 5.69 Å². The topological polar surface area (TPSA) is 55.6 Å². The molecule has 2 heterocycles. The average Bonchev–Trinajstić information content (AvgIpc) is 3.26. The molecule has 0 fully saturated rings. The molecule has 0 spiro atoms. The first-order chi connectivity index (χ1) is 13.1. The number of carbonyl (C=O) groups excluding carboxylic acids is 1. The van der Waals surface area contributed by atoms with Gasteiger partial charge in [0.1, 0.15) is 11.6 Å². The molecule has 5 nitrogen and oxygen atoms in total. The number of para-hydroxylation sites is 1. The van der Waals surface area contributed by atoms with Crippen LogP contribution in [0.4, 0.5) is 10.1 Å². The minimum atomic E-state index is -0.454. The SMILES string of the molecule is COc1cccc(-c2cn3c(CC(=O)Nc4ccccc4F)csc3n2)c1. The van der Waals surface area contributed by atoms with E-state index in [-0.39, 0.29) is 18.0 Å². The van der Waals surface area contributed by atoms with Gasteiger partial charge in [-0.2, -0.15) is 0 Å². The quantitative estimate of drug-likeness (QED) is 0.558. The molecule has 136 valence electrons. The van der Waals surface area contributed by atoms with Crippen molar-refractivity contribution in [1.82, 2.24) is 9.38 Å². The van der Waals surface area contributed by atoms with Gasteiger partial charge in [0.25, 0.3) is 0 Å². The summed E-state index contributed by atoms with van der Waals surface area (Å²) in [6, 6.07) is 13.8. The van der Waals surface area contributed by atoms with E-state index in [4.69, 9.17) is 4.74 Å². The number of halogens is 1. The van der Waals surface area contributed by atoms with E-state index in [0.717, 1.165) is 27.7 Å². The van der Waals surface area contributed by atoms with Crippen molar-refractivity contribution in [3.05, 3.63) is 71.6 Å². The Labute approximate surface area is 159 Å². The lowest BCUT2D eigenvalue weighted by atomic mass is 10.1. The Hall–Kier alpha value is -3.19. The third-order valence-electron chi connectivity index (χ3n) is 4.14. The Morgan fingerprint density at radius 2 is 2.11 bits per heavy atom. The molecular weight excluding hydrogens is 365 g/mol. The van der Waals surface area contributed by atoms with Crippen LogP contribution in [0.3, 0.4) is 0 Å². The molecule has 0 aliphatic carbocycles. The normalized spacial score (nSPS) is 10.9. The summed E-state index contributed by atoms with van der Waals surface area (Å²) in [4.78, 5) is 17.7. The van der Waals surface area contributed by atoms with Crippen LogP contribution in [0.5, 0.6) is 5.75 Å². The summed E-state index contributed by atoms with van der Waals surface area (Å²) in [5.41, 5.74) is 2.71. The third kappa shape index (κ3) is 3.54. The molecular formula is C20H16FN3O2S. The molecule has 0 aliphatic rings. The number of amides is 1. The van der Waals surface area contributed by atoms with Crippen LogP contribution < -0.4 is 10.1 Å². The van der Waals surface area contributed by atoms with Gasteiger partial charge in [0, 0.05) is 22.8 Å². The highest BCUT2D eigenvalue weighted by atomic mass is 32.1. The van der Waals surface area contributed by atoms with Crippen molar-refractivity contribution in [1.29, 1.82) is 0 Å². The van der Waals surface area contributed by atoms with Crippen LogP contribution in [0.15, 0.2) is 60.1 Å². The van der Waals surface area contributed by atoms with Crippen molar-refractivity contribution in [2.45, 2.75) is 6.42 Å². The van der Waals surface area contributed by atoms with Crippen LogP contribution in [0, 0.1) is 5.82 Å². The summed E-state index contributed by atoms with van der Waals surface area (Å²) in [6.45, 7) is 0. The number of rotatable bonds is 5. The molecule has 4 rings (SSSR count). The van der Waals surface area contributed by atoms with Gasteiger partial charge in [-0.1, -0.05) is 24.3 Å². The first kappa shape index (κ1) is 17.2. The summed E-state index contributed by atoms with van der Waals surface area (Å²) < 4.78 is 20.8.